The lowest BCUT2D eigenvalue weighted by Gasteiger charge is -2.20. The third-order valence-electron chi connectivity index (χ3n) is 2.53. The Morgan fingerprint density at radius 2 is 2.17 bits per heavy atom. The third-order valence-corrected chi connectivity index (χ3v) is 3.92. The number of aromatic hydroxyl groups is 1. The van der Waals surface area contributed by atoms with Crippen LogP contribution < -0.4 is 15.9 Å². The van der Waals surface area contributed by atoms with Gasteiger partial charge in [-0.1, -0.05) is 11.6 Å². The van der Waals surface area contributed by atoms with Gasteiger partial charge in [0, 0.05) is 6.54 Å². The number of hydroxylamine groups is 1. The average molecular weight is 294 g/mol. The van der Waals surface area contributed by atoms with Gasteiger partial charge in [0.1, 0.15) is 10.6 Å². The molecule has 0 radical (unpaired) electrons. The molecule has 1 aliphatic heterocycles. The van der Waals surface area contributed by atoms with Crippen LogP contribution in [-0.4, -0.2) is 26.7 Å². The van der Waals surface area contributed by atoms with E-state index in [1.54, 1.807) is 0 Å². The van der Waals surface area contributed by atoms with Crippen molar-refractivity contribution >= 4 is 33.0 Å². The van der Waals surface area contributed by atoms with Gasteiger partial charge in [-0.25, -0.2) is 13.6 Å². The Balaban J connectivity index is 2.61. The minimum atomic E-state index is -4.15. The smallest absolute Gasteiger partial charge is 0.243 e. The maximum absolute atomic E-state index is 11.3. The molecule has 1 heterocycles. The minimum Gasteiger partial charge on any atom is -0.504 e. The van der Waals surface area contributed by atoms with E-state index in [2.05, 4.69) is 0 Å². The zero-order valence-corrected chi connectivity index (χ0v) is 10.8. The molecule has 2 rings (SSSR count). The van der Waals surface area contributed by atoms with Crippen LogP contribution >= 0.6 is 11.6 Å². The Morgan fingerprint density at radius 1 is 1.50 bits per heavy atom. The lowest BCUT2D eigenvalue weighted by molar-refractivity contribution is 0.168. The second-order valence-electron chi connectivity index (χ2n) is 3.80. The van der Waals surface area contributed by atoms with E-state index in [4.69, 9.17) is 27.3 Å². The normalized spacial score (nSPS) is 16.2. The summed E-state index contributed by atoms with van der Waals surface area (Å²) in [7, 11) is -4.15. The summed E-state index contributed by atoms with van der Waals surface area (Å²) in [6.07, 6.45) is 0.800. The van der Waals surface area contributed by atoms with Gasteiger partial charge in [-0.15, -0.1) is 0 Å². The van der Waals surface area contributed by atoms with E-state index >= 15 is 0 Å². The number of halogens is 1. The number of nitrogens with zero attached hydrogens (tertiary/aromatic N) is 1. The summed E-state index contributed by atoms with van der Waals surface area (Å²) in [4.78, 5) is 4.68. The molecule has 0 amide bonds. The van der Waals surface area contributed by atoms with Crippen LogP contribution in [0.1, 0.15) is 6.42 Å². The number of primary sulfonamides is 1. The van der Waals surface area contributed by atoms with Gasteiger partial charge in [-0.3, -0.25) is 9.90 Å². The predicted molar refractivity (Wildman–Crippen MR) is 66.8 cm³/mol. The first-order chi connectivity index (χ1) is 8.32. The van der Waals surface area contributed by atoms with Crippen LogP contribution in [0.4, 0.5) is 11.4 Å². The lowest BCUT2D eigenvalue weighted by atomic mass is 10.2. The highest BCUT2D eigenvalue weighted by Gasteiger charge is 2.26. The number of phenolic OH excluding ortho intramolecular Hbond substituents is 1. The minimum absolute atomic E-state index is 0.134. The second-order valence-corrected chi connectivity index (χ2v) is 5.71. The first-order valence-corrected chi connectivity index (χ1v) is 6.99. The van der Waals surface area contributed by atoms with E-state index in [-0.39, 0.29) is 10.7 Å². The third kappa shape index (κ3) is 2.19. The Hall–Kier alpha value is -1.22. The van der Waals surface area contributed by atoms with Crippen molar-refractivity contribution in [1.82, 2.24) is 0 Å². The Morgan fingerprint density at radius 3 is 2.67 bits per heavy atom. The van der Waals surface area contributed by atoms with Crippen molar-refractivity contribution in [2.45, 2.75) is 11.3 Å². The number of nitrogens with two attached hydrogens (primary N) is 2. The molecule has 9 heteroatoms. The summed E-state index contributed by atoms with van der Waals surface area (Å²) >= 11 is 5.81. The molecule has 1 aromatic rings. The summed E-state index contributed by atoms with van der Waals surface area (Å²) < 4.78 is 22.6. The topological polar surface area (TPSA) is 119 Å². The highest BCUT2D eigenvalue weighted by molar-refractivity contribution is 7.89. The molecule has 1 aromatic carbocycles. The molecule has 0 atom stereocenters. The van der Waals surface area contributed by atoms with Crippen LogP contribution in [0.3, 0.4) is 0 Å². The average Bonchev–Trinajstić information content (AvgIpc) is 2.74. The van der Waals surface area contributed by atoms with Crippen molar-refractivity contribution in [1.29, 1.82) is 0 Å². The zero-order valence-electron chi connectivity index (χ0n) is 9.26. The summed E-state index contributed by atoms with van der Waals surface area (Å²) in [6.45, 7) is 1.10. The largest absolute Gasteiger partial charge is 0.504 e. The van der Waals surface area contributed by atoms with E-state index in [0.717, 1.165) is 6.42 Å². The molecular weight excluding hydrogens is 282 g/mol. The molecule has 0 spiro atoms. The first-order valence-electron chi connectivity index (χ1n) is 5.06. The van der Waals surface area contributed by atoms with Gasteiger partial charge in [0.25, 0.3) is 0 Å². The molecule has 1 aliphatic rings. The van der Waals surface area contributed by atoms with Gasteiger partial charge in [0.15, 0.2) is 5.75 Å². The molecule has 1 fully saturated rings. The van der Waals surface area contributed by atoms with E-state index in [1.807, 2.05) is 0 Å². The van der Waals surface area contributed by atoms with Crippen LogP contribution in [0.2, 0.25) is 5.02 Å². The molecule has 5 N–H and O–H groups in total. The fourth-order valence-corrected chi connectivity index (χ4v) is 2.96. The number of benzene rings is 1. The fraction of sp³-hybridized carbons (Fsp3) is 0.333. The standard InChI is InChI=1S/C9H12ClN3O4S/c10-5-4-6(13-2-1-3-17-13)7(11)8(14)9(5)18(12,15)16/h4,14H,1-3,11H2,(H2,12,15,16). The highest BCUT2D eigenvalue weighted by atomic mass is 35.5. The summed E-state index contributed by atoms with van der Waals surface area (Å²) in [5, 5.41) is 16.0. The number of sulfonamides is 1. The van der Waals surface area contributed by atoms with E-state index < -0.39 is 20.7 Å². The monoisotopic (exact) mass is 293 g/mol. The SMILES string of the molecule is Nc1c(N2CCCO2)cc(Cl)c(S(N)(=O)=O)c1O. The summed E-state index contributed by atoms with van der Waals surface area (Å²) in [5.41, 5.74) is 5.87. The fourth-order valence-electron chi connectivity index (χ4n) is 1.73. The number of hydrogen-bond acceptors (Lipinski definition) is 6. The first kappa shape index (κ1) is 13.2. The number of nitrogen functional groups attached to an aromatic ring is 1. The summed E-state index contributed by atoms with van der Waals surface area (Å²) in [5.74, 6) is -0.657. The Labute approximate surface area is 109 Å². The van der Waals surface area contributed by atoms with Crippen LogP contribution in [-0.2, 0) is 14.9 Å². The van der Waals surface area contributed by atoms with Gasteiger partial charge in [-0.05, 0) is 12.5 Å². The number of anilines is 2. The van der Waals surface area contributed by atoms with Crippen LogP contribution in [0, 0.1) is 0 Å². The molecule has 100 valence electrons. The van der Waals surface area contributed by atoms with Gasteiger partial charge < -0.3 is 10.8 Å². The van der Waals surface area contributed by atoms with Crippen molar-refractivity contribution in [2.24, 2.45) is 5.14 Å². The molecule has 0 unspecified atom stereocenters. The molecule has 1 saturated heterocycles. The van der Waals surface area contributed by atoms with Gasteiger partial charge in [0.2, 0.25) is 10.0 Å². The van der Waals surface area contributed by atoms with Crippen LogP contribution in [0.25, 0.3) is 0 Å². The highest BCUT2D eigenvalue weighted by Crippen LogP contribution is 2.42. The molecule has 7 nitrogen and oxygen atoms in total. The molecular formula is C9H12ClN3O4S. The number of phenols is 1. The van der Waals surface area contributed by atoms with Gasteiger partial charge >= 0.3 is 0 Å². The van der Waals surface area contributed by atoms with Gasteiger partial charge in [0.05, 0.1) is 17.3 Å². The second kappa shape index (κ2) is 4.47. The maximum Gasteiger partial charge on any atom is 0.243 e. The van der Waals surface area contributed by atoms with Crippen molar-refractivity contribution in [3.8, 4) is 5.75 Å². The van der Waals surface area contributed by atoms with E-state index in [1.165, 1.54) is 11.1 Å². The summed E-state index contributed by atoms with van der Waals surface area (Å²) in [6, 6.07) is 1.31. The maximum atomic E-state index is 11.3. The van der Waals surface area contributed by atoms with Gasteiger partial charge in [-0.2, -0.15) is 0 Å². The molecule has 0 aromatic heterocycles. The molecule has 0 saturated carbocycles. The molecule has 0 aliphatic carbocycles. The Kier molecular flexibility index (Phi) is 3.28. The predicted octanol–water partition coefficient (Wildman–Crippen LogP) is 0.417. The molecule has 18 heavy (non-hydrogen) atoms. The quantitative estimate of drug-likeness (QED) is 0.537. The van der Waals surface area contributed by atoms with Crippen molar-refractivity contribution in [3.05, 3.63) is 11.1 Å². The Bertz CT molecular complexity index is 584. The van der Waals surface area contributed by atoms with E-state index in [9.17, 15) is 13.5 Å². The van der Waals surface area contributed by atoms with Crippen molar-refractivity contribution in [3.63, 3.8) is 0 Å². The van der Waals surface area contributed by atoms with Crippen molar-refractivity contribution < 1.29 is 18.4 Å². The zero-order chi connectivity index (χ0) is 13.5. The molecule has 0 bridgehead atoms. The van der Waals surface area contributed by atoms with Crippen LogP contribution in [0.5, 0.6) is 5.75 Å². The van der Waals surface area contributed by atoms with Crippen molar-refractivity contribution in [2.75, 3.05) is 23.9 Å². The van der Waals surface area contributed by atoms with E-state index in [0.29, 0.717) is 18.8 Å². The van der Waals surface area contributed by atoms with Crippen LogP contribution in [0.15, 0.2) is 11.0 Å². The number of rotatable bonds is 2. The lowest BCUT2D eigenvalue weighted by Crippen LogP contribution is -2.19. The number of hydrogen-bond donors (Lipinski definition) is 3.